The lowest BCUT2D eigenvalue weighted by atomic mass is 10.2. The van der Waals surface area contributed by atoms with Gasteiger partial charge in [0.05, 0.1) is 6.61 Å². The fourth-order valence-corrected chi connectivity index (χ4v) is 1.97. The van der Waals surface area contributed by atoms with Crippen molar-refractivity contribution < 1.29 is 22.6 Å². The van der Waals surface area contributed by atoms with E-state index in [1.165, 1.54) is 0 Å². The smallest absolute Gasteiger partial charge is 0.404 e. The molecular formula is C16H22ClF3O2. The van der Waals surface area contributed by atoms with Gasteiger partial charge in [-0.2, -0.15) is 13.2 Å². The number of para-hydroxylation sites is 1. The van der Waals surface area contributed by atoms with Gasteiger partial charge in [0.15, 0.2) is 0 Å². The summed E-state index contributed by atoms with van der Waals surface area (Å²) in [6.07, 6.45) is -1.33. The van der Waals surface area contributed by atoms with Crippen LogP contribution in [0.5, 0.6) is 5.75 Å². The summed E-state index contributed by atoms with van der Waals surface area (Å²) in [5, 5.41) is -1.77. The molecule has 2 nitrogen and oxygen atoms in total. The second-order valence-corrected chi connectivity index (χ2v) is 5.51. The summed E-state index contributed by atoms with van der Waals surface area (Å²) in [7, 11) is 0. The quantitative estimate of drug-likeness (QED) is 0.407. The van der Waals surface area contributed by atoms with Gasteiger partial charge in [-0.3, -0.25) is 0 Å². The maximum atomic E-state index is 12.1. The van der Waals surface area contributed by atoms with Crippen molar-refractivity contribution in [1.29, 1.82) is 0 Å². The summed E-state index contributed by atoms with van der Waals surface area (Å²) in [6.45, 7) is 1.54. The van der Waals surface area contributed by atoms with Crippen LogP contribution < -0.4 is 4.74 Å². The van der Waals surface area contributed by atoms with E-state index >= 15 is 0 Å². The zero-order valence-electron chi connectivity index (χ0n) is 12.4. The molecular weight excluding hydrogens is 317 g/mol. The Kier molecular flexibility index (Phi) is 9.32. The maximum Gasteiger partial charge on any atom is 0.404 e. The molecule has 1 rings (SSSR count). The molecule has 1 atom stereocenters. The van der Waals surface area contributed by atoms with Crippen LogP contribution in [-0.2, 0) is 4.74 Å². The number of unbranched alkanes of at least 4 members (excludes halogenated alkanes) is 2. The van der Waals surface area contributed by atoms with E-state index in [1.807, 2.05) is 30.3 Å². The van der Waals surface area contributed by atoms with Crippen molar-refractivity contribution in [2.24, 2.45) is 0 Å². The lowest BCUT2D eigenvalue weighted by Crippen LogP contribution is -2.23. The summed E-state index contributed by atoms with van der Waals surface area (Å²) in [6, 6.07) is 9.61. The molecule has 22 heavy (non-hydrogen) atoms. The molecule has 0 radical (unpaired) electrons. The first kappa shape index (κ1) is 19.1. The van der Waals surface area contributed by atoms with Gasteiger partial charge in [0.25, 0.3) is 0 Å². The van der Waals surface area contributed by atoms with Crippen LogP contribution in [0.25, 0.3) is 0 Å². The molecule has 0 amide bonds. The molecule has 0 aromatic heterocycles. The molecule has 0 bridgehead atoms. The van der Waals surface area contributed by atoms with Gasteiger partial charge in [-0.15, -0.1) is 11.6 Å². The van der Waals surface area contributed by atoms with Crippen LogP contribution in [0.2, 0.25) is 0 Å². The van der Waals surface area contributed by atoms with E-state index in [1.54, 1.807) is 0 Å². The van der Waals surface area contributed by atoms with Crippen LogP contribution in [0.1, 0.15) is 32.1 Å². The molecule has 0 aliphatic heterocycles. The molecule has 0 saturated heterocycles. The topological polar surface area (TPSA) is 18.5 Å². The maximum absolute atomic E-state index is 12.1. The Hall–Kier alpha value is -0.940. The molecule has 1 unspecified atom stereocenters. The molecule has 126 valence electrons. The molecule has 0 fully saturated rings. The highest BCUT2D eigenvalue weighted by Gasteiger charge is 2.37. The third-order valence-electron chi connectivity index (χ3n) is 3.05. The van der Waals surface area contributed by atoms with Gasteiger partial charge in [-0.1, -0.05) is 18.2 Å². The zero-order valence-corrected chi connectivity index (χ0v) is 13.2. The van der Waals surface area contributed by atoms with Crippen molar-refractivity contribution in [3.05, 3.63) is 30.3 Å². The molecule has 1 aromatic carbocycles. The summed E-state index contributed by atoms with van der Waals surface area (Å²) < 4.78 is 47.2. The largest absolute Gasteiger partial charge is 0.494 e. The normalized spacial score (nSPS) is 13.1. The van der Waals surface area contributed by atoms with Gasteiger partial charge in [0.1, 0.15) is 11.1 Å². The Morgan fingerprint density at radius 1 is 0.909 bits per heavy atom. The summed E-state index contributed by atoms with van der Waals surface area (Å²) in [5.41, 5.74) is 0. The molecule has 0 heterocycles. The highest BCUT2D eigenvalue weighted by atomic mass is 35.5. The van der Waals surface area contributed by atoms with Crippen LogP contribution in [0.4, 0.5) is 13.2 Å². The monoisotopic (exact) mass is 338 g/mol. The van der Waals surface area contributed by atoms with Crippen LogP contribution in [0.15, 0.2) is 30.3 Å². The molecule has 0 aliphatic carbocycles. The minimum Gasteiger partial charge on any atom is -0.494 e. The minimum atomic E-state index is -4.32. The first-order valence-corrected chi connectivity index (χ1v) is 7.90. The van der Waals surface area contributed by atoms with E-state index in [-0.39, 0.29) is 6.42 Å². The van der Waals surface area contributed by atoms with Gasteiger partial charge in [0, 0.05) is 13.2 Å². The van der Waals surface area contributed by atoms with Gasteiger partial charge in [-0.25, -0.2) is 0 Å². The minimum absolute atomic E-state index is 0.101. The Bertz CT molecular complexity index is 385. The average Bonchev–Trinajstić information content (AvgIpc) is 2.49. The first-order chi connectivity index (χ1) is 10.5. The van der Waals surface area contributed by atoms with Crippen LogP contribution in [-0.4, -0.2) is 31.4 Å². The van der Waals surface area contributed by atoms with E-state index in [0.717, 1.165) is 25.0 Å². The SMILES string of the molecule is FC(F)(F)C(Cl)CCCOCCCCCOc1ccccc1. The second kappa shape index (κ2) is 10.7. The standard InChI is InChI=1S/C16H22ClF3O2/c17-15(16(18,19)20)10-7-12-21-11-5-2-6-13-22-14-8-3-1-4-9-14/h1,3-4,8-9,15H,2,5-7,10-13H2. The van der Waals surface area contributed by atoms with E-state index in [0.29, 0.717) is 26.2 Å². The van der Waals surface area contributed by atoms with Crippen molar-refractivity contribution in [3.63, 3.8) is 0 Å². The summed E-state index contributed by atoms with van der Waals surface area (Å²) >= 11 is 5.21. The fraction of sp³-hybridized carbons (Fsp3) is 0.625. The van der Waals surface area contributed by atoms with E-state index in [2.05, 4.69) is 0 Å². The summed E-state index contributed by atoms with van der Waals surface area (Å²) in [4.78, 5) is 0. The van der Waals surface area contributed by atoms with Gasteiger partial charge in [0.2, 0.25) is 0 Å². The number of ether oxygens (including phenoxy) is 2. The number of halogens is 4. The van der Waals surface area contributed by atoms with Crippen molar-refractivity contribution in [2.75, 3.05) is 19.8 Å². The van der Waals surface area contributed by atoms with Crippen molar-refractivity contribution in [2.45, 2.75) is 43.7 Å². The number of alkyl halides is 4. The third-order valence-corrected chi connectivity index (χ3v) is 3.51. The lowest BCUT2D eigenvalue weighted by molar-refractivity contribution is -0.132. The highest BCUT2D eigenvalue weighted by Crippen LogP contribution is 2.27. The van der Waals surface area contributed by atoms with E-state index < -0.39 is 11.6 Å². The predicted molar refractivity (Wildman–Crippen MR) is 81.5 cm³/mol. The third kappa shape index (κ3) is 9.15. The highest BCUT2D eigenvalue weighted by molar-refractivity contribution is 6.21. The predicted octanol–water partition coefficient (Wildman–Crippen LogP) is 5.20. The number of hydrogen-bond acceptors (Lipinski definition) is 2. The average molecular weight is 339 g/mol. The fourth-order valence-electron chi connectivity index (χ4n) is 1.82. The number of benzene rings is 1. The Balaban J connectivity index is 1.86. The van der Waals surface area contributed by atoms with Crippen molar-refractivity contribution in [1.82, 2.24) is 0 Å². The van der Waals surface area contributed by atoms with Gasteiger partial charge in [-0.05, 0) is 44.2 Å². The van der Waals surface area contributed by atoms with Crippen LogP contribution >= 0.6 is 11.6 Å². The molecule has 0 spiro atoms. The number of rotatable bonds is 11. The summed E-state index contributed by atoms with van der Waals surface area (Å²) in [5.74, 6) is 0.860. The zero-order chi connectivity index (χ0) is 16.3. The van der Waals surface area contributed by atoms with Gasteiger partial charge < -0.3 is 9.47 Å². The molecule has 1 aromatic rings. The second-order valence-electron chi connectivity index (χ2n) is 4.99. The Morgan fingerprint density at radius 2 is 1.55 bits per heavy atom. The molecule has 6 heteroatoms. The molecule has 0 aliphatic rings. The lowest BCUT2D eigenvalue weighted by Gasteiger charge is -2.13. The van der Waals surface area contributed by atoms with Gasteiger partial charge >= 0.3 is 6.18 Å². The van der Waals surface area contributed by atoms with Crippen LogP contribution in [0.3, 0.4) is 0 Å². The van der Waals surface area contributed by atoms with Crippen LogP contribution in [0, 0.1) is 0 Å². The van der Waals surface area contributed by atoms with Crippen molar-refractivity contribution in [3.8, 4) is 5.75 Å². The first-order valence-electron chi connectivity index (χ1n) is 7.46. The van der Waals surface area contributed by atoms with E-state index in [4.69, 9.17) is 21.1 Å². The van der Waals surface area contributed by atoms with Crippen molar-refractivity contribution >= 4 is 11.6 Å². The van der Waals surface area contributed by atoms with E-state index in [9.17, 15) is 13.2 Å². The Labute approximate surface area is 134 Å². The Morgan fingerprint density at radius 3 is 2.23 bits per heavy atom. The number of hydrogen-bond donors (Lipinski definition) is 0. The molecule has 0 N–H and O–H groups in total. The molecule has 0 saturated carbocycles.